The van der Waals surface area contributed by atoms with Gasteiger partial charge in [-0.25, -0.2) is 9.66 Å². The van der Waals surface area contributed by atoms with Crippen molar-refractivity contribution in [1.82, 2.24) is 9.66 Å². The highest BCUT2D eigenvalue weighted by Crippen LogP contribution is 2.17. The van der Waals surface area contributed by atoms with Gasteiger partial charge in [-0.15, -0.1) is 0 Å². The SMILES string of the molecule is O=c1c2ccccc2nc(-c2ccccc2)n1NCNc1ccccc1. The Labute approximate surface area is 150 Å². The van der Waals surface area contributed by atoms with Crippen LogP contribution in [0.4, 0.5) is 5.69 Å². The molecular formula is C21H18N4O. The van der Waals surface area contributed by atoms with Crippen molar-refractivity contribution >= 4 is 16.6 Å². The van der Waals surface area contributed by atoms with Crippen molar-refractivity contribution in [2.45, 2.75) is 0 Å². The molecule has 26 heavy (non-hydrogen) atoms. The van der Waals surface area contributed by atoms with Crippen LogP contribution in [0.5, 0.6) is 0 Å². The van der Waals surface area contributed by atoms with Crippen LogP contribution in [0.3, 0.4) is 0 Å². The van der Waals surface area contributed by atoms with E-state index in [1.165, 1.54) is 4.68 Å². The average Bonchev–Trinajstić information content (AvgIpc) is 2.71. The Bertz CT molecular complexity index is 1080. The van der Waals surface area contributed by atoms with Gasteiger partial charge in [0.2, 0.25) is 0 Å². The molecule has 0 saturated carbocycles. The molecule has 2 N–H and O–H groups in total. The first-order valence-corrected chi connectivity index (χ1v) is 8.43. The van der Waals surface area contributed by atoms with E-state index < -0.39 is 0 Å². The van der Waals surface area contributed by atoms with E-state index in [0.29, 0.717) is 23.4 Å². The molecule has 0 unspecified atom stereocenters. The first kappa shape index (κ1) is 15.9. The first-order valence-electron chi connectivity index (χ1n) is 8.43. The lowest BCUT2D eigenvalue weighted by Crippen LogP contribution is -2.34. The van der Waals surface area contributed by atoms with E-state index in [1.807, 2.05) is 78.9 Å². The average molecular weight is 342 g/mol. The molecule has 0 fully saturated rings. The monoisotopic (exact) mass is 342 g/mol. The number of anilines is 1. The molecule has 5 nitrogen and oxygen atoms in total. The van der Waals surface area contributed by atoms with E-state index in [4.69, 9.17) is 4.98 Å². The molecule has 0 atom stereocenters. The van der Waals surface area contributed by atoms with Gasteiger partial charge in [0.25, 0.3) is 5.56 Å². The molecule has 0 saturated heterocycles. The summed E-state index contributed by atoms with van der Waals surface area (Å²) < 4.78 is 1.51. The van der Waals surface area contributed by atoms with E-state index in [9.17, 15) is 4.79 Å². The molecule has 4 aromatic rings. The highest BCUT2D eigenvalue weighted by atomic mass is 16.1. The third-order valence-electron chi connectivity index (χ3n) is 4.11. The van der Waals surface area contributed by atoms with Gasteiger partial charge in [-0.3, -0.25) is 4.79 Å². The van der Waals surface area contributed by atoms with Crippen LogP contribution in [-0.4, -0.2) is 16.3 Å². The van der Waals surface area contributed by atoms with E-state index in [1.54, 1.807) is 6.07 Å². The summed E-state index contributed by atoms with van der Waals surface area (Å²) in [7, 11) is 0. The van der Waals surface area contributed by atoms with Crippen LogP contribution in [0, 0.1) is 0 Å². The zero-order valence-corrected chi connectivity index (χ0v) is 14.1. The second-order valence-corrected chi connectivity index (χ2v) is 5.84. The maximum absolute atomic E-state index is 13.0. The summed E-state index contributed by atoms with van der Waals surface area (Å²) in [6.07, 6.45) is 0. The fraction of sp³-hybridized carbons (Fsp3) is 0.0476. The maximum Gasteiger partial charge on any atom is 0.280 e. The predicted octanol–water partition coefficient (Wildman–Crippen LogP) is 3.68. The number of nitrogens with zero attached hydrogens (tertiary/aromatic N) is 2. The molecule has 0 bridgehead atoms. The van der Waals surface area contributed by atoms with Crippen molar-refractivity contribution in [3.8, 4) is 11.4 Å². The smallest absolute Gasteiger partial charge is 0.280 e. The molecule has 1 aromatic heterocycles. The molecule has 0 spiro atoms. The molecule has 0 aliphatic rings. The largest absolute Gasteiger partial charge is 0.367 e. The lowest BCUT2D eigenvalue weighted by molar-refractivity contribution is 0.825. The molecule has 0 amide bonds. The van der Waals surface area contributed by atoms with Crippen LogP contribution >= 0.6 is 0 Å². The zero-order chi connectivity index (χ0) is 17.8. The number of para-hydroxylation sites is 2. The lowest BCUT2D eigenvalue weighted by Gasteiger charge is -2.16. The van der Waals surface area contributed by atoms with Gasteiger partial charge in [0.15, 0.2) is 5.82 Å². The number of hydrogen-bond donors (Lipinski definition) is 2. The molecule has 0 aliphatic carbocycles. The number of fused-ring (bicyclic) bond motifs is 1. The predicted molar refractivity (Wildman–Crippen MR) is 106 cm³/mol. The van der Waals surface area contributed by atoms with Crippen LogP contribution < -0.4 is 16.3 Å². The summed E-state index contributed by atoms with van der Waals surface area (Å²) in [4.78, 5) is 17.7. The normalized spacial score (nSPS) is 10.6. The van der Waals surface area contributed by atoms with Crippen LogP contribution in [0.1, 0.15) is 0 Å². The van der Waals surface area contributed by atoms with Crippen LogP contribution in [0.2, 0.25) is 0 Å². The molecule has 0 radical (unpaired) electrons. The van der Waals surface area contributed by atoms with Gasteiger partial charge in [-0.05, 0) is 24.3 Å². The Morgan fingerprint density at radius 2 is 1.46 bits per heavy atom. The maximum atomic E-state index is 13.0. The second kappa shape index (κ2) is 7.11. The minimum Gasteiger partial charge on any atom is -0.367 e. The summed E-state index contributed by atoms with van der Waals surface area (Å²) in [5.41, 5.74) is 5.57. The third kappa shape index (κ3) is 3.15. The van der Waals surface area contributed by atoms with Crippen molar-refractivity contribution in [2.75, 3.05) is 17.4 Å². The molecular weight excluding hydrogens is 324 g/mol. The van der Waals surface area contributed by atoms with Crippen molar-refractivity contribution < 1.29 is 0 Å². The summed E-state index contributed by atoms with van der Waals surface area (Å²) >= 11 is 0. The van der Waals surface area contributed by atoms with E-state index in [-0.39, 0.29) is 5.56 Å². The highest BCUT2D eigenvalue weighted by molar-refractivity contribution is 5.79. The van der Waals surface area contributed by atoms with Gasteiger partial charge in [0, 0.05) is 11.3 Å². The van der Waals surface area contributed by atoms with Crippen molar-refractivity contribution in [1.29, 1.82) is 0 Å². The van der Waals surface area contributed by atoms with Gasteiger partial charge in [-0.1, -0.05) is 60.7 Å². The molecule has 128 valence electrons. The van der Waals surface area contributed by atoms with Gasteiger partial charge in [-0.2, -0.15) is 0 Å². The number of benzene rings is 3. The molecule has 4 rings (SSSR count). The Morgan fingerprint density at radius 3 is 2.23 bits per heavy atom. The van der Waals surface area contributed by atoms with Gasteiger partial charge in [0.1, 0.15) is 0 Å². The Kier molecular flexibility index (Phi) is 4.35. The van der Waals surface area contributed by atoms with Gasteiger partial charge < -0.3 is 10.7 Å². The topological polar surface area (TPSA) is 59.0 Å². The van der Waals surface area contributed by atoms with Gasteiger partial charge >= 0.3 is 0 Å². The zero-order valence-electron chi connectivity index (χ0n) is 14.1. The first-order chi connectivity index (χ1) is 12.8. The lowest BCUT2D eigenvalue weighted by atomic mass is 10.2. The summed E-state index contributed by atoms with van der Waals surface area (Å²) in [6.45, 7) is 0.393. The number of hydrogen-bond acceptors (Lipinski definition) is 4. The van der Waals surface area contributed by atoms with Gasteiger partial charge in [0.05, 0.1) is 17.6 Å². The van der Waals surface area contributed by atoms with Crippen molar-refractivity contribution in [3.05, 3.63) is 95.3 Å². The fourth-order valence-electron chi connectivity index (χ4n) is 2.84. The Balaban J connectivity index is 1.73. The molecule has 1 heterocycles. The van der Waals surface area contributed by atoms with Crippen LogP contribution in [0.25, 0.3) is 22.3 Å². The standard InChI is InChI=1S/C21H18N4O/c26-21-18-13-7-8-14-19(18)24-20(16-9-3-1-4-10-16)25(21)23-15-22-17-11-5-2-6-12-17/h1-14,22-23H,15H2. The third-order valence-corrected chi connectivity index (χ3v) is 4.11. The molecule has 3 aromatic carbocycles. The quantitative estimate of drug-likeness (QED) is 0.543. The Hall–Kier alpha value is -3.60. The number of nitrogens with one attached hydrogen (secondary N) is 2. The second-order valence-electron chi connectivity index (χ2n) is 5.84. The van der Waals surface area contributed by atoms with E-state index in [0.717, 1.165) is 11.3 Å². The highest BCUT2D eigenvalue weighted by Gasteiger charge is 2.12. The minimum absolute atomic E-state index is 0.121. The number of rotatable bonds is 5. The Morgan fingerprint density at radius 1 is 0.808 bits per heavy atom. The summed E-state index contributed by atoms with van der Waals surface area (Å²) in [5, 5.41) is 3.83. The number of aromatic nitrogens is 2. The molecule has 5 heteroatoms. The fourth-order valence-corrected chi connectivity index (χ4v) is 2.84. The van der Waals surface area contributed by atoms with Crippen molar-refractivity contribution in [3.63, 3.8) is 0 Å². The summed E-state index contributed by atoms with van der Waals surface area (Å²) in [6, 6.07) is 26.9. The minimum atomic E-state index is -0.121. The molecule has 0 aliphatic heterocycles. The van der Waals surface area contributed by atoms with E-state index >= 15 is 0 Å². The summed E-state index contributed by atoms with van der Waals surface area (Å²) in [5.74, 6) is 0.587. The van der Waals surface area contributed by atoms with Crippen molar-refractivity contribution in [2.24, 2.45) is 0 Å². The van der Waals surface area contributed by atoms with Crippen LogP contribution in [0.15, 0.2) is 89.7 Å². The van der Waals surface area contributed by atoms with E-state index in [2.05, 4.69) is 10.7 Å². The van der Waals surface area contributed by atoms with Crippen LogP contribution in [-0.2, 0) is 0 Å².